The molecule has 3 aromatic heterocycles. The summed E-state index contributed by atoms with van der Waals surface area (Å²) >= 11 is 1.51. The van der Waals surface area contributed by atoms with Gasteiger partial charge < -0.3 is 14.8 Å². The van der Waals surface area contributed by atoms with Gasteiger partial charge in [0.25, 0.3) is 0 Å². The zero-order chi connectivity index (χ0) is 27.7. The number of nitrogens with one attached hydrogen (secondary N) is 1. The second-order valence-electron chi connectivity index (χ2n) is 10.5. The molecule has 1 N–H and O–H groups in total. The second kappa shape index (κ2) is 13.9. The number of methoxy groups -OCH3 is 1. The maximum atomic E-state index is 15.0. The Balaban J connectivity index is 1.22. The van der Waals surface area contributed by atoms with Gasteiger partial charge in [-0.15, -0.1) is 11.3 Å². The number of aromatic nitrogens is 2. The summed E-state index contributed by atoms with van der Waals surface area (Å²) in [6.07, 6.45) is 11.6. The summed E-state index contributed by atoms with van der Waals surface area (Å²) in [7, 11) is 1.68. The Morgan fingerprint density at radius 3 is 2.67 bits per heavy atom. The van der Waals surface area contributed by atoms with Crippen molar-refractivity contribution < 1.29 is 18.7 Å². The average Bonchev–Trinajstić information content (AvgIpc) is 3.42. The van der Waals surface area contributed by atoms with Crippen LogP contribution in [0.3, 0.4) is 0 Å². The molecule has 4 aromatic rings. The van der Waals surface area contributed by atoms with E-state index in [-0.39, 0.29) is 18.0 Å². The van der Waals surface area contributed by atoms with Crippen molar-refractivity contribution in [1.29, 1.82) is 0 Å². The standard InChI is InChI=1S/C32H36FN3O3S/c1-38-16-15-34-20-24-8-11-27(36-21-24)31-19-28-32(40-31)30(13-14-35-28)39-29-12-9-23(18-26(29)33)17-25(37)10-7-22-5-3-2-4-6-22/h8-9,11-14,18-19,21-22,34H,2-7,10,15-17,20H2,1H3. The third-order valence-electron chi connectivity index (χ3n) is 7.44. The van der Waals surface area contributed by atoms with Gasteiger partial charge in [0.2, 0.25) is 0 Å². The maximum Gasteiger partial charge on any atom is 0.166 e. The molecule has 1 saturated carbocycles. The van der Waals surface area contributed by atoms with E-state index in [9.17, 15) is 4.79 Å². The van der Waals surface area contributed by atoms with E-state index < -0.39 is 5.82 Å². The first-order chi connectivity index (χ1) is 19.6. The molecule has 0 unspecified atom stereocenters. The molecule has 1 aliphatic rings. The van der Waals surface area contributed by atoms with Gasteiger partial charge in [0.15, 0.2) is 11.6 Å². The highest BCUT2D eigenvalue weighted by Gasteiger charge is 2.17. The maximum absolute atomic E-state index is 15.0. The largest absolute Gasteiger partial charge is 0.453 e. The summed E-state index contributed by atoms with van der Waals surface area (Å²) in [5.74, 6) is 1.03. The molecular weight excluding hydrogens is 525 g/mol. The van der Waals surface area contributed by atoms with E-state index in [4.69, 9.17) is 9.47 Å². The van der Waals surface area contributed by atoms with Gasteiger partial charge in [0.05, 0.1) is 27.4 Å². The molecule has 0 aliphatic heterocycles. The van der Waals surface area contributed by atoms with Crippen molar-refractivity contribution in [2.24, 2.45) is 5.92 Å². The number of hydrogen-bond acceptors (Lipinski definition) is 7. The summed E-state index contributed by atoms with van der Waals surface area (Å²) in [5, 5.41) is 3.31. The first-order valence-corrected chi connectivity index (χ1v) is 14.9. The van der Waals surface area contributed by atoms with E-state index in [1.807, 2.05) is 18.3 Å². The average molecular weight is 562 g/mol. The molecule has 0 bridgehead atoms. The van der Waals surface area contributed by atoms with Gasteiger partial charge in [-0.3, -0.25) is 14.8 Å². The van der Waals surface area contributed by atoms with Gasteiger partial charge in [0, 0.05) is 51.5 Å². The van der Waals surface area contributed by atoms with Crippen molar-refractivity contribution in [1.82, 2.24) is 15.3 Å². The smallest absolute Gasteiger partial charge is 0.166 e. The van der Waals surface area contributed by atoms with E-state index in [2.05, 4.69) is 21.4 Å². The summed E-state index contributed by atoms with van der Waals surface area (Å²) in [5.41, 5.74) is 3.39. The van der Waals surface area contributed by atoms with Crippen LogP contribution in [0.15, 0.2) is 54.9 Å². The van der Waals surface area contributed by atoms with Gasteiger partial charge in [-0.05, 0) is 47.7 Å². The highest BCUT2D eigenvalue weighted by Crippen LogP contribution is 2.39. The van der Waals surface area contributed by atoms with Crippen LogP contribution in [0.1, 0.15) is 56.1 Å². The molecule has 1 fully saturated rings. The molecule has 8 heteroatoms. The van der Waals surface area contributed by atoms with E-state index in [1.54, 1.807) is 31.5 Å². The molecule has 0 atom stereocenters. The molecule has 0 amide bonds. The summed E-state index contributed by atoms with van der Waals surface area (Å²) in [6, 6.07) is 12.6. The Morgan fingerprint density at radius 1 is 1.05 bits per heavy atom. The number of rotatable bonds is 13. The minimum atomic E-state index is -0.476. The molecule has 0 saturated heterocycles. The van der Waals surface area contributed by atoms with E-state index in [1.165, 1.54) is 49.5 Å². The number of halogens is 1. The number of ketones is 1. The number of benzene rings is 1. The van der Waals surface area contributed by atoms with E-state index in [0.717, 1.165) is 45.9 Å². The fourth-order valence-corrected chi connectivity index (χ4v) is 6.26. The van der Waals surface area contributed by atoms with Crippen LogP contribution < -0.4 is 10.1 Å². The second-order valence-corrected chi connectivity index (χ2v) is 11.5. The van der Waals surface area contributed by atoms with Gasteiger partial charge in [-0.25, -0.2) is 4.39 Å². The van der Waals surface area contributed by atoms with Crippen molar-refractivity contribution >= 4 is 27.3 Å². The van der Waals surface area contributed by atoms with Crippen LogP contribution in [0, 0.1) is 11.7 Å². The van der Waals surface area contributed by atoms with Gasteiger partial charge in [0.1, 0.15) is 11.5 Å². The van der Waals surface area contributed by atoms with Gasteiger partial charge in [-0.2, -0.15) is 0 Å². The van der Waals surface area contributed by atoms with Gasteiger partial charge in [-0.1, -0.05) is 44.2 Å². The molecule has 3 heterocycles. The van der Waals surface area contributed by atoms with Gasteiger partial charge >= 0.3 is 0 Å². The predicted molar refractivity (Wildman–Crippen MR) is 157 cm³/mol. The molecule has 0 spiro atoms. The molecule has 6 nitrogen and oxygen atoms in total. The molecule has 1 aromatic carbocycles. The third kappa shape index (κ3) is 7.50. The quantitative estimate of drug-likeness (QED) is 0.170. The van der Waals surface area contributed by atoms with Crippen LogP contribution >= 0.6 is 11.3 Å². The number of hydrogen-bond donors (Lipinski definition) is 1. The number of carbonyl (C=O) groups excluding carboxylic acids is 1. The van der Waals surface area contributed by atoms with E-state index >= 15 is 4.39 Å². The van der Waals surface area contributed by atoms with Crippen molar-refractivity contribution in [3.8, 4) is 22.1 Å². The van der Waals surface area contributed by atoms with Crippen LogP contribution in [-0.4, -0.2) is 36.0 Å². The molecule has 210 valence electrons. The minimum absolute atomic E-state index is 0.129. The lowest BCUT2D eigenvalue weighted by Crippen LogP contribution is -2.18. The number of ether oxygens (including phenoxy) is 2. The van der Waals surface area contributed by atoms with Crippen LogP contribution in [0.2, 0.25) is 0 Å². The topological polar surface area (TPSA) is 73.3 Å². The third-order valence-corrected chi connectivity index (χ3v) is 8.60. The summed E-state index contributed by atoms with van der Waals surface area (Å²) in [6.45, 7) is 2.17. The summed E-state index contributed by atoms with van der Waals surface area (Å²) < 4.78 is 26.9. The lowest BCUT2D eigenvalue weighted by Gasteiger charge is -2.20. The zero-order valence-electron chi connectivity index (χ0n) is 23.0. The Kier molecular flexibility index (Phi) is 9.86. The summed E-state index contributed by atoms with van der Waals surface area (Å²) in [4.78, 5) is 22.6. The lowest BCUT2D eigenvalue weighted by molar-refractivity contribution is -0.118. The molecular formula is C32H36FN3O3S. The first kappa shape index (κ1) is 28.3. The number of carbonyl (C=O) groups is 1. The SMILES string of the molecule is COCCNCc1ccc(-c2cc3nccc(Oc4ccc(CC(=O)CCC5CCCCC5)cc4F)c3s2)nc1. The Hall–Kier alpha value is -3.20. The number of thiophene rings is 1. The van der Waals surface area contributed by atoms with Crippen LogP contribution in [-0.2, 0) is 22.5 Å². The highest BCUT2D eigenvalue weighted by molar-refractivity contribution is 7.22. The Bertz CT molecular complexity index is 1420. The van der Waals surface area contributed by atoms with Crippen molar-refractivity contribution in [3.05, 3.63) is 71.8 Å². The van der Waals surface area contributed by atoms with Crippen molar-refractivity contribution in [3.63, 3.8) is 0 Å². The van der Waals surface area contributed by atoms with Crippen molar-refractivity contribution in [2.75, 3.05) is 20.3 Å². The highest BCUT2D eigenvalue weighted by atomic mass is 32.1. The minimum Gasteiger partial charge on any atom is -0.453 e. The Morgan fingerprint density at radius 2 is 1.90 bits per heavy atom. The van der Waals surface area contributed by atoms with Crippen LogP contribution in [0.4, 0.5) is 4.39 Å². The fraction of sp³-hybridized carbons (Fsp3) is 0.406. The molecule has 5 rings (SSSR count). The van der Waals surface area contributed by atoms with Crippen LogP contribution in [0.25, 0.3) is 20.8 Å². The zero-order valence-corrected chi connectivity index (χ0v) is 23.8. The monoisotopic (exact) mass is 561 g/mol. The first-order valence-electron chi connectivity index (χ1n) is 14.1. The number of pyridine rings is 2. The fourth-order valence-electron chi connectivity index (χ4n) is 5.22. The Labute approximate surface area is 239 Å². The molecule has 0 radical (unpaired) electrons. The normalized spacial score (nSPS) is 14.1. The van der Waals surface area contributed by atoms with Crippen LogP contribution in [0.5, 0.6) is 11.5 Å². The lowest BCUT2D eigenvalue weighted by atomic mass is 9.85. The number of nitrogens with zero attached hydrogens (tertiary/aromatic N) is 2. The predicted octanol–water partition coefficient (Wildman–Crippen LogP) is 7.50. The number of Topliss-reactive ketones (excluding diaryl/α,β-unsaturated/α-hetero) is 1. The van der Waals surface area contributed by atoms with E-state index in [0.29, 0.717) is 30.3 Å². The van der Waals surface area contributed by atoms with Crippen molar-refractivity contribution in [2.45, 2.75) is 57.9 Å². The number of fused-ring (bicyclic) bond motifs is 1. The molecule has 40 heavy (non-hydrogen) atoms. The molecule has 1 aliphatic carbocycles.